The molecular formula is C11H14N2O2. The average molecular weight is 206 g/mol. The van der Waals surface area contributed by atoms with E-state index in [1.54, 1.807) is 6.07 Å². The lowest BCUT2D eigenvalue weighted by Crippen LogP contribution is -2.35. The van der Waals surface area contributed by atoms with E-state index >= 15 is 0 Å². The number of urea groups is 1. The van der Waals surface area contributed by atoms with E-state index in [9.17, 15) is 10.0 Å². The summed E-state index contributed by atoms with van der Waals surface area (Å²) in [6.45, 7) is 0. The van der Waals surface area contributed by atoms with Crippen LogP contribution in [-0.2, 0) is 12.8 Å². The van der Waals surface area contributed by atoms with Crippen molar-refractivity contribution in [3.8, 4) is 0 Å². The van der Waals surface area contributed by atoms with Crippen LogP contribution in [0, 0.1) is 0 Å². The van der Waals surface area contributed by atoms with Crippen molar-refractivity contribution in [2.45, 2.75) is 19.3 Å². The van der Waals surface area contributed by atoms with E-state index in [1.807, 2.05) is 12.1 Å². The minimum Gasteiger partial charge on any atom is -0.339 e. The van der Waals surface area contributed by atoms with Crippen molar-refractivity contribution >= 4 is 11.7 Å². The lowest BCUT2D eigenvalue weighted by Gasteiger charge is -2.15. The molecule has 80 valence electrons. The molecule has 0 bridgehead atoms. The number of hydroxylamine groups is 1. The van der Waals surface area contributed by atoms with Gasteiger partial charge in [-0.25, -0.2) is 4.79 Å². The molecule has 2 amide bonds. The highest BCUT2D eigenvalue weighted by Gasteiger charge is 2.15. The SMILES string of the molecule is CNC(=O)N(O)c1ccc2c(c1)CCC2. The third-order valence-electron chi connectivity index (χ3n) is 2.73. The molecular weight excluding hydrogens is 192 g/mol. The van der Waals surface area contributed by atoms with Crippen LogP contribution in [0.2, 0.25) is 0 Å². The van der Waals surface area contributed by atoms with E-state index in [2.05, 4.69) is 5.32 Å². The van der Waals surface area contributed by atoms with Gasteiger partial charge < -0.3 is 5.32 Å². The molecule has 0 saturated carbocycles. The molecule has 1 aliphatic rings. The predicted octanol–water partition coefficient (Wildman–Crippen LogP) is 1.71. The van der Waals surface area contributed by atoms with Crippen LogP contribution in [0.15, 0.2) is 18.2 Å². The van der Waals surface area contributed by atoms with Gasteiger partial charge in [-0.3, -0.25) is 5.21 Å². The first-order valence-corrected chi connectivity index (χ1v) is 5.05. The maximum absolute atomic E-state index is 11.2. The molecule has 2 N–H and O–H groups in total. The molecule has 0 unspecified atom stereocenters. The summed E-state index contributed by atoms with van der Waals surface area (Å²) < 4.78 is 0. The van der Waals surface area contributed by atoms with E-state index < -0.39 is 6.03 Å². The number of nitrogens with one attached hydrogen (secondary N) is 1. The average Bonchev–Trinajstić information content (AvgIpc) is 2.73. The van der Waals surface area contributed by atoms with Gasteiger partial charge in [0.25, 0.3) is 0 Å². The van der Waals surface area contributed by atoms with Crippen LogP contribution in [-0.4, -0.2) is 18.3 Å². The van der Waals surface area contributed by atoms with Crippen LogP contribution >= 0.6 is 0 Å². The topological polar surface area (TPSA) is 52.6 Å². The van der Waals surface area contributed by atoms with Gasteiger partial charge in [-0.15, -0.1) is 0 Å². The van der Waals surface area contributed by atoms with Crippen LogP contribution in [0.1, 0.15) is 17.5 Å². The Kier molecular flexibility index (Phi) is 2.60. The summed E-state index contributed by atoms with van der Waals surface area (Å²) in [7, 11) is 1.49. The fraction of sp³-hybridized carbons (Fsp3) is 0.364. The van der Waals surface area contributed by atoms with Crippen LogP contribution in [0.4, 0.5) is 10.5 Å². The smallest absolute Gasteiger partial charge is 0.339 e. The summed E-state index contributed by atoms with van der Waals surface area (Å²) in [4.78, 5) is 11.2. The lowest BCUT2D eigenvalue weighted by atomic mass is 10.1. The second-order valence-electron chi connectivity index (χ2n) is 3.67. The van der Waals surface area contributed by atoms with Crippen molar-refractivity contribution in [2.75, 3.05) is 12.1 Å². The number of rotatable bonds is 1. The molecule has 0 heterocycles. The fourth-order valence-corrected chi connectivity index (χ4v) is 1.91. The molecule has 0 radical (unpaired) electrons. The highest BCUT2D eigenvalue weighted by Crippen LogP contribution is 2.26. The quantitative estimate of drug-likeness (QED) is 0.543. The molecule has 1 aromatic carbocycles. The molecule has 0 spiro atoms. The van der Waals surface area contributed by atoms with Gasteiger partial charge in [0.2, 0.25) is 0 Å². The minimum atomic E-state index is -0.520. The van der Waals surface area contributed by atoms with Gasteiger partial charge >= 0.3 is 6.03 Å². The Morgan fingerprint density at radius 2 is 2.13 bits per heavy atom. The maximum Gasteiger partial charge on any atom is 0.345 e. The first-order valence-electron chi connectivity index (χ1n) is 5.05. The van der Waals surface area contributed by atoms with Crippen molar-refractivity contribution in [2.24, 2.45) is 0 Å². The summed E-state index contributed by atoms with van der Waals surface area (Å²) in [6.07, 6.45) is 3.29. The van der Waals surface area contributed by atoms with Gasteiger partial charge in [0.1, 0.15) is 0 Å². The third kappa shape index (κ3) is 1.80. The minimum absolute atomic E-state index is 0.520. The van der Waals surface area contributed by atoms with Crippen molar-refractivity contribution in [3.63, 3.8) is 0 Å². The molecule has 0 aliphatic heterocycles. The predicted molar refractivity (Wildman–Crippen MR) is 57.2 cm³/mol. The first kappa shape index (κ1) is 9.98. The number of fused-ring (bicyclic) bond motifs is 1. The lowest BCUT2D eigenvalue weighted by molar-refractivity contribution is 0.206. The van der Waals surface area contributed by atoms with Gasteiger partial charge in [-0.2, -0.15) is 5.06 Å². The first-order chi connectivity index (χ1) is 7.22. The van der Waals surface area contributed by atoms with Gasteiger partial charge in [0.15, 0.2) is 0 Å². The Morgan fingerprint density at radius 1 is 1.40 bits per heavy atom. The maximum atomic E-state index is 11.2. The largest absolute Gasteiger partial charge is 0.345 e. The summed E-state index contributed by atoms with van der Waals surface area (Å²) in [5, 5.41) is 12.5. The normalized spacial score (nSPS) is 13.5. The van der Waals surface area contributed by atoms with Gasteiger partial charge in [-0.05, 0) is 42.5 Å². The second kappa shape index (κ2) is 3.90. The summed E-state index contributed by atoms with van der Waals surface area (Å²) >= 11 is 0. The molecule has 4 nitrogen and oxygen atoms in total. The molecule has 0 atom stereocenters. The van der Waals surface area contributed by atoms with Gasteiger partial charge in [0, 0.05) is 7.05 Å². The highest BCUT2D eigenvalue weighted by atomic mass is 16.5. The van der Waals surface area contributed by atoms with E-state index in [-0.39, 0.29) is 0 Å². The number of aryl methyl sites for hydroxylation is 2. The molecule has 2 rings (SSSR count). The number of carbonyl (C=O) groups is 1. The summed E-state index contributed by atoms with van der Waals surface area (Å²) in [6, 6.07) is 5.09. The molecule has 0 aromatic heterocycles. The summed E-state index contributed by atoms with van der Waals surface area (Å²) in [5.74, 6) is 0. The zero-order chi connectivity index (χ0) is 10.8. The van der Waals surface area contributed by atoms with Crippen molar-refractivity contribution in [1.29, 1.82) is 0 Å². The Morgan fingerprint density at radius 3 is 2.87 bits per heavy atom. The number of hydrogen-bond acceptors (Lipinski definition) is 2. The number of hydrogen-bond donors (Lipinski definition) is 2. The Labute approximate surface area is 88.5 Å². The number of amides is 2. The zero-order valence-electron chi connectivity index (χ0n) is 8.66. The molecule has 0 saturated heterocycles. The third-order valence-corrected chi connectivity index (χ3v) is 2.73. The van der Waals surface area contributed by atoms with Gasteiger partial charge in [-0.1, -0.05) is 6.07 Å². The zero-order valence-corrected chi connectivity index (χ0v) is 8.66. The Bertz CT molecular complexity index is 390. The van der Waals surface area contributed by atoms with Crippen LogP contribution in [0.3, 0.4) is 0 Å². The molecule has 1 aromatic rings. The van der Waals surface area contributed by atoms with E-state index in [0.29, 0.717) is 10.8 Å². The van der Waals surface area contributed by atoms with Crippen LogP contribution in [0.25, 0.3) is 0 Å². The van der Waals surface area contributed by atoms with Gasteiger partial charge in [0.05, 0.1) is 5.69 Å². The number of benzene rings is 1. The fourth-order valence-electron chi connectivity index (χ4n) is 1.91. The molecule has 0 fully saturated rings. The molecule has 4 heteroatoms. The van der Waals surface area contributed by atoms with E-state index in [1.165, 1.54) is 18.2 Å². The van der Waals surface area contributed by atoms with Crippen molar-refractivity contribution in [1.82, 2.24) is 5.32 Å². The monoisotopic (exact) mass is 206 g/mol. The summed E-state index contributed by atoms with van der Waals surface area (Å²) in [5.41, 5.74) is 3.08. The Hall–Kier alpha value is -1.55. The molecule has 15 heavy (non-hydrogen) atoms. The van der Waals surface area contributed by atoms with E-state index in [4.69, 9.17) is 0 Å². The van der Waals surface area contributed by atoms with Crippen LogP contribution < -0.4 is 10.4 Å². The highest BCUT2D eigenvalue weighted by molar-refractivity contribution is 5.89. The Balaban J connectivity index is 2.26. The molecule has 1 aliphatic carbocycles. The number of anilines is 1. The van der Waals surface area contributed by atoms with Crippen molar-refractivity contribution < 1.29 is 10.0 Å². The second-order valence-corrected chi connectivity index (χ2v) is 3.67. The standard InChI is InChI=1S/C11H14N2O2/c1-12-11(14)13(15)10-6-5-8-3-2-4-9(8)7-10/h5-7,15H,2-4H2,1H3,(H,12,14). The number of nitrogens with zero attached hydrogens (tertiary/aromatic N) is 1. The van der Waals surface area contributed by atoms with E-state index in [0.717, 1.165) is 19.3 Å². The number of carbonyl (C=O) groups excluding carboxylic acids is 1. The van der Waals surface area contributed by atoms with Crippen LogP contribution in [0.5, 0.6) is 0 Å². The van der Waals surface area contributed by atoms with Crippen molar-refractivity contribution in [3.05, 3.63) is 29.3 Å².